The molecule has 1 unspecified atom stereocenters. The van der Waals surface area contributed by atoms with Crippen molar-refractivity contribution in [3.05, 3.63) is 71.8 Å². The van der Waals surface area contributed by atoms with Crippen LogP contribution in [-0.4, -0.2) is 40.4 Å². The molecule has 0 aromatic heterocycles. The lowest BCUT2D eigenvalue weighted by atomic mass is 10.1. The van der Waals surface area contributed by atoms with Gasteiger partial charge in [0.2, 0.25) is 5.91 Å². The molecule has 1 N–H and O–H groups in total. The number of nitrogens with zero attached hydrogens (tertiary/aromatic N) is 2. The predicted molar refractivity (Wildman–Crippen MR) is 114 cm³/mol. The van der Waals surface area contributed by atoms with Crippen molar-refractivity contribution < 1.29 is 22.8 Å². The van der Waals surface area contributed by atoms with E-state index in [1.165, 1.54) is 0 Å². The van der Waals surface area contributed by atoms with Gasteiger partial charge in [-0.25, -0.2) is 4.99 Å². The summed E-state index contributed by atoms with van der Waals surface area (Å²) in [4.78, 5) is 31.0. The molecule has 1 heterocycles. The van der Waals surface area contributed by atoms with Gasteiger partial charge in [-0.15, -0.1) is 0 Å². The second kappa shape index (κ2) is 8.76. The maximum atomic E-state index is 14.4. The summed E-state index contributed by atoms with van der Waals surface area (Å²) in [6.07, 6.45) is -2.13. The first kappa shape index (κ1) is 22.0. The van der Waals surface area contributed by atoms with Crippen molar-refractivity contribution in [1.29, 1.82) is 0 Å². The van der Waals surface area contributed by atoms with Crippen LogP contribution in [0.15, 0.2) is 65.7 Å². The van der Waals surface area contributed by atoms with E-state index in [4.69, 9.17) is 0 Å². The van der Waals surface area contributed by atoms with E-state index in [-0.39, 0.29) is 24.7 Å². The van der Waals surface area contributed by atoms with Crippen LogP contribution in [0.25, 0.3) is 0 Å². The van der Waals surface area contributed by atoms with E-state index in [0.717, 1.165) is 23.3 Å². The Labute approximate surface area is 184 Å². The Bertz CT molecular complexity index is 1000. The summed E-state index contributed by atoms with van der Waals surface area (Å²) in [6, 6.07) is 17.0. The number of carbonyl (C=O) groups excluding carboxylic acids is 2. The average molecular weight is 443 g/mol. The van der Waals surface area contributed by atoms with Crippen LogP contribution in [-0.2, 0) is 16.0 Å². The highest BCUT2D eigenvalue weighted by atomic mass is 19.4. The van der Waals surface area contributed by atoms with E-state index in [9.17, 15) is 22.8 Å². The number of halogens is 3. The van der Waals surface area contributed by atoms with Crippen LogP contribution in [0.3, 0.4) is 0 Å². The van der Waals surface area contributed by atoms with Crippen molar-refractivity contribution in [3.63, 3.8) is 0 Å². The highest BCUT2D eigenvalue weighted by Gasteiger charge is 2.67. The summed E-state index contributed by atoms with van der Waals surface area (Å²) in [5.41, 5.74) is -2.07. The lowest BCUT2D eigenvalue weighted by Crippen LogP contribution is -2.64. The quantitative estimate of drug-likeness (QED) is 0.727. The standard InChI is InChI=1S/C24H24F3N3O2/c25-24(26,27)23(28-20(31)16-15-17-9-3-1-4-10-17)22(32)30(19-13-7-8-14-19)21(29-23)18-11-5-2-6-12-18/h1-6,9-12,19H,7-8,13-16H2,(H,28,31). The highest BCUT2D eigenvalue weighted by molar-refractivity contribution is 6.16. The van der Waals surface area contributed by atoms with E-state index >= 15 is 0 Å². The molecule has 1 aliphatic heterocycles. The minimum absolute atomic E-state index is 0.0387. The smallest absolute Gasteiger partial charge is 0.316 e. The number of hydrogen-bond acceptors (Lipinski definition) is 3. The van der Waals surface area contributed by atoms with Crippen molar-refractivity contribution in [2.45, 2.75) is 56.4 Å². The molecule has 0 saturated heterocycles. The van der Waals surface area contributed by atoms with E-state index in [0.29, 0.717) is 18.4 Å². The first-order chi connectivity index (χ1) is 15.3. The fourth-order valence-corrected chi connectivity index (χ4v) is 4.33. The number of nitrogens with one attached hydrogen (secondary N) is 1. The molecule has 32 heavy (non-hydrogen) atoms. The summed E-state index contributed by atoms with van der Waals surface area (Å²) >= 11 is 0. The molecule has 1 saturated carbocycles. The van der Waals surface area contributed by atoms with Crippen LogP contribution in [0, 0.1) is 0 Å². The van der Waals surface area contributed by atoms with Crippen LogP contribution in [0.1, 0.15) is 43.2 Å². The molecule has 0 spiro atoms. The van der Waals surface area contributed by atoms with Gasteiger partial charge >= 0.3 is 11.8 Å². The lowest BCUT2D eigenvalue weighted by molar-refractivity contribution is -0.200. The van der Waals surface area contributed by atoms with Gasteiger partial charge in [0, 0.05) is 18.0 Å². The summed E-state index contributed by atoms with van der Waals surface area (Å²) in [6.45, 7) is 0. The monoisotopic (exact) mass is 443 g/mol. The second-order valence-corrected chi connectivity index (χ2v) is 8.16. The Morgan fingerprint density at radius 1 is 1.03 bits per heavy atom. The summed E-state index contributed by atoms with van der Waals surface area (Å²) in [5.74, 6) is -2.14. The summed E-state index contributed by atoms with van der Waals surface area (Å²) in [7, 11) is 0. The third kappa shape index (κ3) is 4.13. The van der Waals surface area contributed by atoms with Crippen molar-refractivity contribution >= 4 is 17.6 Å². The van der Waals surface area contributed by atoms with Crippen molar-refractivity contribution in [1.82, 2.24) is 10.2 Å². The molecular weight excluding hydrogens is 419 g/mol. The summed E-state index contributed by atoms with van der Waals surface area (Å²) < 4.78 is 43.1. The van der Waals surface area contributed by atoms with E-state index in [1.807, 2.05) is 11.4 Å². The van der Waals surface area contributed by atoms with Gasteiger partial charge in [-0.1, -0.05) is 73.5 Å². The average Bonchev–Trinajstić information content (AvgIpc) is 3.40. The molecule has 1 atom stereocenters. The minimum Gasteiger partial charge on any atom is -0.316 e. The van der Waals surface area contributed by atoms with Gasteiger partial charge in [-0.05, 0) is 24.8 Å². The lowest BCUT2D eigenvalue weighted by Gasteiger charge is -2.31. The minimum atomic E-state index is -5.08. The molecule has 168 valence electrons. The Morgan fingerprint density at radius 2 is 1.62 bits per heavy atom. The van der Waals surface area contributed by atoms with Crippen LogP contribution in [0.4, 0.5) is 13.2 Å². The number of amidine groups is 1. The highest BCUT2D eigenvalue weighted by Crippen LogP contribution is 2.41. The number of benzene rings is 2. The van der Waals surface area contributed by atoms with E-state index in [1.54, 1.807) is 54.6 Å². The first-order valence-electron chi connectivity index (χ1n) is 10.7. The van der Waals surface area contributed by atoms with Gasteiger partial charge in [-0.2, -0.15) is 13.2 Å². The molecule has 2 aromatic carbocycles. The van der Waals surface area contributed by atoms with Crippen LogP contribution in [0.2, 0.25) is 0 Å². The van der Waals surface area contributed by atoms with Gasteiger partial charge < -0.3 is 5.32 Å². The molecule has 8 heteroatoms. The van der Waals surface area contributed by atoms with Gasteiger partial charge in [0.25, 0.3) is 5.91 Å². The maximum absolute atomic E-state index is 14.4. The molecular formula is C24H24F3N3O2. The summed E-state index contributed by atoms with van der Waals surface area (Å²) in [5, 5.41) is 1.96. The Kier molecular flexibility index (Phi) is 6.04. The van der Waals surface area contributed by atoms with Gasteiger partial charge in [0.05, 0.1) is 0 Å². The van der Waals surface area contributed by atoms with E-state index < -0.39 is 23.7 Å². The van der Waals surface area contributed by atoms with Crippen molar-refractivity contribution in [2.75, 3.05) is 0 Å². The largest absolute Gasteiger partial charge is 0.442 e. The molecule has 1 aliphatic carbocycles. The van der Waals surface area contributed by atoms with Gasteiger partial charge in [0.1, 0.15) is 5.84 Å². The van der Waals surface area contributed by atoms with Crippen LogP contribution < -0.4 is 5.32 Å². The van der Waals surface area contributed by atoms with Gasteiger partial charge in [-0.3, -0.25) is 14.5 Å². The van der Waals surface area contributed by atoms with E-state index in [2.05, 4.69) is 4.99 Å². The molecule has 2 amide bonds. The predicted octanol–water partition coefficient (Wildman–Crippen LogP) is 4.23. The zero-order chi connectivity index (χ0) is 22.8. The number of carbonyl (C=O) groups is 2. The molecule has 0 bridgehead atoms. The molecule has 2 aliphatic rings. The Balaban J connectivity index is 1.67. The number of aryl methyl sites for hydroxylation is 1. The fraction of sp³-hybridized carbons (Fsp3) is 0.375. The number of rotatable bonds is 6. The molecule has 2 aromatic rings. The molecule has 1 fully saturated rings. The SMILES string of the molecule is O=C(CCc1ccccc1)NC1(C(F)(F)F)N=C(c2ccccc2)N(C2CCCC2)C1=O. The van der Waals surface area contributed by atoms with Gasteiger partial charge in [0.15, 0.2) is 0 Å². The number of alkyl halides is 3. The normalized spacial score (nSPS) is 21.7. The number of hydrogen-bond donors (Lipinski definition) is 1. The molecule has 4 rings (SSSR count). The third-order valence-electron chi connectivity index (χ3n) is 5.97. The third-order valence-corrected chi connectivity index (χ3v) is 5.97. The van der Waals surface area contributed by atoms with Crippen LogP contribution in [0.5, 0.6) is 0 Å². The maximum Gasteiger partial charge on any atom is 0.442 e. The van der Waals surface area contributed by atoms with Crippen LogP contribution >= 0.6 is 0 Å². The zero-order valence-corrected chi connectivity index (χ0v) is 17.4. The topological polar surface area (TPSA) is 61.8 Å². The molecule has 5 nitrogen and oxygen atoms in total. The zero-order valence-electron chi connectivity index (χ0n) is 17.4. The first-order valence-corrected chi connectivity index (χ1v) is 10.7. The van der Waals surface area contributed by atoms with Crippen molar-refractivity contribution in [2.24, 2.45) is 4.99 Å². The Hall–Kier alpha value is -3.16. The number of amides is 2. The number of aliphatic imine (C=N–C) groups is 1. The molecule has 0 radical (unpaired) electrons. The van der Waals surface area contributed by atoms with Crippen molar-refractivity contribution in [3.8, 4) is 0 Å². The fourth-order valence-electron chi connectivity index (χ4n) is 4.33. The second-order valence-electron chi connectivity index (χ2n) is 8.16. The Morgan fingerprint density at radius 3 is 2.22 bits per heavy atom.